The quantitative estimate of drug-likeness (QED) is 0.417. The van der Waals surface area contributed by atoms with Crippen molar-refractivity contribution in [2.75, 3.05) is 0 Å². The lowest BCUT2D eigenvalue weighted by atomic mass is 9.91. The Bertz CT molecular complexity index is 1300. The number of allylic oxidation sites excluding steroid dienone is 1. The fourth-order valence-corrected chi connectivity index (χ4v) is 3.77. The number of hydrogen-bond donors (Lipinski definition) is 2. The molecular weight excluding hydrogens is 412 g/mol. The van der Waals surface area contributed by atoms with E-state index in [0.717, 1.165) is 33.3 Å². The number of aromatic hydroxyl groups is 1. The molecule has 0 aliphatic carbocycles. The molecule has 1 aromatic heterocycles. The first-order valence-electron chi connectivity index (χ1n) is 10.9. The standard InChI is InChI=1S/C27H28N4O2/c1-18(2)20-8-7-9-21(17-20)27(3,4)28-26(33)15-13-19-12-14-25(32)24(16-19)31-29-22-10-5-6-11-23(22)30-31/h5-12,14,16-17,32H,1,13,15H2,2-4H3,(H,28,33). The summed E-state index contributed by atoms with van der Waals surface area (Å²) in [7, 11) is 0. The van der Waals surface area contributed by atoms with Gasteiger partial charge in [0, 0.05) is 6.42 Å². The fraction of sp³-hybridized carbons (Fsp3) is 0.222. The molecule has 3 aromatic carbocycles. The molecule has 0 atom stereocenters. The lowest BCUT2D eigenvalue weighted by Gasteiger charge is -2.27. The SMILES string of the molecule is C=C(C)c1cccc(C(C)(C)NC(=O)CCc2ccc(O)c(-n3nc4ccccc4n3)c2)c1. The number of nitrogens with one attached hydrogen (secondary N) is 1. The zero-order valence-electron chi connectivity index (χ0n) is 19.2. The summed E-state index contributed by atoms with van der Waals surface area (Å²) in [6.07, 6.45) is 0.851. The summed E-state index contributed by atoms with van der Waals surface area (Å²) in [4.78, 5) is 14.2. The number of benzene rings is 3. The Kier molecular flexibility index (Phi) is 6.01. The maximum Gasteiger partial charge on any atom is 0.221 e. The highest BCUT2D eigenvalue weighted by Crippen LogP contribution is 2.25. The third-order valence-corrected chi connectivity index (χ3v) is 5.71. The van der Waals surface area contributed by atoms with Gasteiger partial charge >= 0.3 is 0 Å². The average molecular weight is 441 g/mol. The number of carbonyl (C=O) groups is 1. The zero-order valence-corrected chi connectivity index (χ0v) is 19.2. The van der Waals surface area contributed by atoms with Crippen molar-refractivity contribution < 1.29 is 9.90 Å². The molecular formula is C27H28N4O2. The highest BCUT2D eigenvalue weighted by atomic mass is 16.3. The van der Waals surface area contributed by atoms with Crippen LogP contribution in [0.1, 0.15) is 43.9 Å². The Labute approximate surface area is 193 Å². The van der Waals surface area contributed by atoms with Crippen LogP contribution in [-0.2, 0) is 16.8 Å². The average Bonchev–Trinajstić information content (AvgIpc) is 3.22. The molecule has 0 saturated heterocycles. The van der Waals surface area contributed by atoms with Crippen LogP contribution in [-0.4, -0.2) is 26.0 Å². The van der Waals surface area contributed by atoms with Crippen molar-refractivity contribution in [1.29, 1.82) is 0 Å². The number of nitrogens with zero attached hydrogens (tertiary/aromatic N) is 3. The van der Waals surface area contributed by atoms with E-state index in [1.165, 1.54) is 4.80 Å². The minimum atomic E-state index is -0.512. The van der Waals surface area contributed by atoms with Gasteiger partial charge in [0.05, 0.1) is 5.54 Å². The molecule has 0 saturated carbocycles. The van der Waals surface area contributed by atoms with Crippen molar-refractivity contribution >= 4 is 22.5 Å². The first-order valence-corrected chi connectivity index (χ1v) is 10.9. The van der Waals surface area contributed by atoms with E-state index in [9.17, 15) is 9.90 Å². The molecule has 0 spiro atoms. The number of fused-ring (bicyclic) bond motifs is 1. The van der Waals surface area contributed by atoms with Crippen molar-refractivity contribution in [2.45, 2.75) is 39.2 Å². The summed E-state index contributed by atoms with van der Waals surface area (Å²) in [6, 6.07) is 20.9. The monoisotopic (exact) mass is 440 g/mol. The van der Waals surface area contributed by atoms with Crippen LogP contribution in [0, 0.1) is 0 Å². The van der Waals surface area contributed by atoms with E-state index in [4.69, 9.17) is 0 Å². The Balaban J connectivity index is 1.45. The van der Waals surface area contributed by atoms with Gasteiger partial charge < -0.3 is 10.4 Å². The van der Waals surface area contributed by atoms with Crippen molar-refractivity contribution in [3.8, 4) is 11.4 Å². The Morgan fingerprint density at radius 1 is 1.03 bits per heavy atom. The maximum atomic E-state index is 12.8. The van der Waals surface area contributed by atoms with Crippen molar-refractivity contribution in [3.05, 3.63) is 90.0 Å². The molecule has 0 bridgehead atoms. The number of aryl methyl sites for hydroxylation is 1. The largest absolute Gasteiger partial charge is 0.506 e. The second-order valence-corrected chi connectivity index (χ2v) is 8.84. The predicted octanol–water partition coefficient (Wildman–Crippen LogP) is 5.14. The molecule has 0 aliphatic rings. The molecule has 2 N–H and O–H groups in total. The summed E-state index contributed by atoms with van der Waals surface area (Å²) < 4.78 is 0. The van der Waals surface area contributed by atoms with E-state index >= 15 is 0 Å². The lowest BCUT2D eigenvalue weighted by molar-refractivity contribution is -0.122. The van der Waals surface area contributed by atoms with Gasteiger partial charge in [0.15, 0.2) is 0 Å². The molecule has 1 amide bonds. The summed E-state index contributed by atoms with van der Waals surface area (Å²) in [5.74, 6) is 0.0420. The molecule has 0 fully saturated rings. The first-order chi connectivity index (χ1) is 15.7. The van der Waals surface area contributed by atoms with Gasteiger partial charge in [-0.2, -0.15) is 0 Å². The van der Waals surface area contributed by atoms with Gasteiger partial charge in [-0.3, -0.25) is 4.79 Å². The van der Waals surface area contributed by atoms with Gasteiger partial charge in [-0.05, 0) is 74.2 Å². The Morgan fingerprint density at radius 2 is 1.73 bits per heavy atom. The van der Waals surface area contributed by atoms with Crippen LogP contribution in [0.2, 0.25) is 0 Å². The van der Waals surface area contributed by atoms with Crippen molar-refractivity contribution in [2.24, 2.45) is 0 Å². The van der Waals surface area contributed by atoms with Crippen LogP contribution in [0.15, 0.2) is 73.3 Å². The van der Waals surface area contributed by atoms with E-state index in [0.29, 0.717) is 18.5 Å². The smallest absolute Gasteiger partial charge is 0.221 e. The second kappa shape index (κ2) is 8.90. The summed E-state index contributed by atoms with van der Waals surface area (Å²) in [5.41, 5.74) is 5.47. The number of phenols is 1. The number of phenolic OH excluding ortho intramolecular Hbond substituents is 1. The third kappa shape index (κ3) is 4.95. The topological polar surface area (TPSA) is 80.0 Å². The van der Waals surface area contributed by atoms with E-state index < -0.39 is 5.54 Å². The molecule has 6 heteroatoms. The summed E-state index contributed by atoms with van der Waals surface area (Å²) in [5, 5.41) is 22.4. The van der Waals surface area contributed by atoms with E-state index in [1.807, 2.05) is 75.4 Å². The molecule has 33 heavy (non-hydrogen) atoms. The normalized spacial score (nSPS) is 11.5. The van der Waals surface area contributed by atoms with Crippen LogP contribution in [0.5, 0.6) is 5.75 Å². The highest BCUT2D eigenvalue weighted by molar-refractivity contribution is 5.77. The van der Waals surface area contributed by atoms with Crippen LogP contribution >= 0.6 is 0 Å². The molecule has 4 aromatic rings. The summed E-state index contributed by atoms with van der Waals surface area (Å²) in [6.45, 7) is 9.96. The summed E-state index contributed by atoms with van der Waals surface area (Å²) >= 11 is 0. The van der Waals surface area contributed by atoms with E-state index in [1.54, 1.807) is 6.07 Å². The molecule has 6 nitrogen and oxygen atoms in total. The second-order valence-electron chi connectivity index (χ2n) is 8.84. The molecule has 1 heterocycles. The number of hydrogen-bond acceptors (Lipinski definition) is 4. The molecule has 0 aliphatic heterocycles. The van der Waals surface area contributed by atoms with Crippen LogP contribution < -0.4 is 5.32 Å². The van der Waals surface area contributed by atoms with Gasteiger partial charge in [0.25, 0.3) is 0 Å². The maximum absolute atomic E-state index is 12.8. The third-order valence-electron chi connectivity index (χ3n) is 5.71. The zero-order chi connectivity index (χ0) is 23.6. The number of carbonyl (C=O) groups excluding carboxylic acids is 1. The van der Waals surface area contributed by atoms with Gasteiger partial charge in [0.1, 0.15) is 22.5 Å². The van der Waals surface area contributed by atoms with Crippen molar-refractivity contribution in [3.63, 3.8) is 0 Å². The van der Waals surface area contributed by atoms with E-state index in [-0.39, 0.29) is 11.7 Å². The predicted molar refractivity (Wildman–Crippen MR) is 131 cm³/mol. The Hall–Kier alpha value is -3.93. The van der Waals surface area contributed by atoms with Crippen LogP contribution in [0.4, 0.5) is 0 Å². The van der Waals surface area contributed by atoms with Crippen molar-refractivity contribution in [1.82, 2.24) is 20.3 Å². The van der Waals surface area contributed by atoms with Gasteiger partial charge in [-0.25, -0.2) is 0 Å². The minimum Gasteiger partial charge on any atom is -0.506 e. The molecule has 0 radical (unpaired) electrons. The molecule has 0 unspecified atom stereocenters. The Morgan fingerprint density at radius 3 is 2.39 bits per heavy atom. The molecule has 4 rings (SSSR count). The van der Waals surface area contributed by atoms with Crippen LogP contribution in [0.25, 0.3) is 22.3 Å². The molecule has 168 valence electrons. The minimum absolute atomic E-state index is 0.0432. The van der Waals surface area contributed by atoms with Crippen LogP contribution in [0.3, 0.4) is 0 Å². The highest BCUT2D eigenvalue weighted by Gasteiger charge is 2.23. The van der Waals surface area contributed by atoms with E-state index in [2.05, 4.69) is 28.2 Å². The van der Waals surface area contributed by atoms with Gasteiger partial charge in [-0.1, -0.05) is 48.6 Å². The number of aromatic nitrogens is 3. The number of rotatable bonds is 7. The number of amides is 1. The van der Waals surface area contributed by atoms with Gasteiger partial charge in [-0.15, -0.1) is 15.0 Å². The lowest BCUT2D eigenvalue weighted by Crippen LogP contribution is -2.41. The van der Waals surface area contributed by atoms with Gasteiger partial charge in [0.2, 0.25) is 5.91 Å². The first kappa shape index (κ1) is 22.3. The fourth-order valence-electron chi connectivity index (χ4n) is 3.77.